The first-order valence-corrected chi connectivity index (χ1v) is 8.12. The number of methoxy groups -OCH3 is 1. The van der Waals surface area contributed by atoms with Crippen LogP contribution in [0.1, 0.15) is 39.2 Å². The van der Waals surface area contributed by atoms with Crippen LogP contribution >= 0.6 is 0 Å². The van der Waals surface area contributed by atoms with Crippen LogP contribution in [0.25, 0.3) is 0 Å². The summed E-state index contributed by atoms with van der Waals surface area (Å²) in [6.45, 7) is 6.11. The number of nitrogens with zero attached hydrogens (tertiary/aromatic N) is 1. The zero-order valence-electron chi connectivity index (χ0n) is 14.7. The van der Waals surface area contributed by atoms with Crippen LogP contribution in [0.2, 0.25) is 0 Å². The molecular weight excluding hydrogens is 306 g/mol. The van der Waals surface area contributed by atoms with Gasteiger partial charge in [-0.2, -0.15) is 0 Å². The zero-order valence-corrected chi connectivity index (χ0v) is 14.7. The molecule has 2 rings (SSSR count). The molecule has 1 saturated heterocycles. The fraction of sp³-hybridized carbons (Fsp3) is 0.474. The minimum absolute atomic E-state index is 0.258. The van der Waals surface area contributed by atoms with Gasteiger partial charge in [-0.3, -0.25) is 0 Å². The lowest BCUT2D eigenvalue weighted by Crippen LogP contribution is -2.39. The summed E-state index contributed by atoms with van der Waals surface area (Å²) in [6, 6.07) is 9.47. The molecule has 5 nitrogen and oxygen atoms in total. The molecule has 0 unspecified atom stereocenters. The Morgan fingerprint density at radius 2 is 1.92 bits per heavy atom. The van der Waals surface area contributed by atoms with Gasteiger partial charge in [-0.25, -0.2) is 9.59 Å². The molecule has 1 fully saturated rings. The third-order valence-corrected chi connectivity index (χ3v) is 3.78. The van der Waals surface area contributed by atoms with Crippen LogP contribution < -0.4 is 0 Å². The van der Waals surface area contributed by atoms with E-state index in [0.717, 1.165) is 11.3 Å². The molecule has 0 amide bonds. The summed E-state index contributed by atoms with van der Waals surface area (Å²) >= 11 is 0. The van der Waals surface area contributed by atoms with E-state index < -0.39 is 11.6 Å². The lowest BCUT2D eigenvalue weighted by atomic mass is 10.1. The standard InChI is InChI=1S/C19H25NO4/c1-19(2,3)24-18(22)16-11-10-15(12-17(21)23-4)20(16)13-14-8-6-5-7-9-14/h5-9,12,16H,10-11,13H2,1-4H3/b15-12-/t16-/m0/s1. The minimum Gasteiger partial charge on any atom is -0.466 e. The van der Waals surface area contributed by atoms with Gasteiger partial charge in [0.2, 0.25) is 0 Å². The molecule has 5 heteroatoms. The number of ether oxygens (including phenoxy) is 2. The first-order chi connectivity index (χ1) is 11.3. The maximum Gasteiger partial charge on any atom is 0.332 e. The summed E-state index contributed by atoms with van der Waals surface area (Å²) in [7, 11) is 1.35. The van der Waals surface area contributed by atoms with E-state index in [9.17, 15) is 9.59 Å². The smallest absolute Gasteiger partial charge is 0.332 e. The fourth-order valence-electron chi connectivity index (χ4n) is 2.74. The van der Waals surface area contributed by atoms with E-state index in [1.807, 2.05) is 56.0 Å². The van der Waals surface area contributed by atoms with Crippen LogP contribution in [0.3, 0.4) is 0 Å². The van der Waals surface area contributed by atoms with Crippen LogP contribution in [0.4, 0.5) is 0 Å². The monoisotopic (exact) mass is 331 g/mol. The molecule has 1 aliphatic rings. The predicted molar refractivity (Wildman–Crippen MR) is 91.0 cm³/mol. The molecule has 0 bridgehead atoms. The lowest BCUT2D eigenvalue weighted by molar-refractivity contribution is -0.160. The highest BCUT2D eigenvalue weighted by Gasteiger charge is 2.36. The van der Waals surface area contributed by atoms with Crippen molar-refractivity contribution >= 4 is 11.9 Å². The maximum absolute atomic E-state index is 12.6. The number of hydrogen-bond acceptors (Lipinski definition) is 5. The van der Waals surface area contributed by atoms with Crippen molar-refractivity contribution in [3.05, 3.63) is 47.7 Å². The van der Waals surface area contributed by atoms with Crippen LogP contribution in [0.15, 0.2) is 42.1 Å². The number of rotatable bonds is 4. The molecule has 0 aliphatic carbocycles. The maximum atomic E-state index is 12.6. The lowest BCUT2D eigenvalue weighted by Gasteiger charge is -2.29. The van der Waals surface area contributed by atoms with Gasteiger partial charge in [-0.15, -0.1) is 0 Å². The van der Waals surface area contributed by atoms with Crippen molar-refractivity contribution in [1.82, 2.24) is 4.90 Å². The summed E-state index contributed by atoms with van der Waals surface area (Å²) in [4.78, 5) is 26.1. The molecule has 0 saturated carbocycles. The topological polar surface area (TPSA) is 55.8 Å². The van der Waals surface area contributed by atoms with Crippen LogP contribution in [0.5, 0.6) is 0 Å². The molecule has 0 spiro atoms. The molecule has 1 atom stereocenters. The molecule has 24 heavy (non-hydrogen) atoms. The third-order valence-electron chi connectivity index (χ3n) is 3.78. The van der Waals surface area contributed by atoms with E-state index in [1.165, 1.54) is 13.2 Å². The second-order valence-electron chi connectivity index (χ2n) is 6.86. The Labute approximate surface area is 143 Å². The van der Waals surface area contributed by atoms with E-state index >= 15 is 0 Å². The SMILES string of the molecule is COC(=O)/C=C1/CC[C@@H](C(=O)OC(C)(C)C)N1Cc1ccccc1. The molecule has 1 heterocycles. The summed E-state index contributed by atoms with van der Waals surface area (Å²) < 4.78 is 10.3. The average molecular weight is 331 g/mol. The molecule has 0 radical (unpaired) electrons. The molecule has 1 aromatic rings. The quantitative estimate of drug-likeness (QED) is 0.627. The summed E-state index contributed by atoms with van der Waals surface area (Å²) in [6.07, 6.45) is 2.74. The van der Waals surface area contributed by atoms with Crippen molar-refractivity contribution in [2.45, 2.75) is 51.8 Å². The van der Waals surface area contributed by atoms with E-state index in [-0.39, 0.29) is 12.0 Å². The molecule has 0 aromatic heterocycles. The van der Waals surface area contributed by atoms with Crippen molar-refractivity contribution in [2.75, 3.05) is 7.11 Å². The number of carbonyl (C=O) groups excluding carboxylic acids is 2. The van der Waals surface area contributed by atoms with Crippen molar-refractivity contribution in [1.29, 1.82) is 0 Å². The summed E-state index contributed by atoms with van der Waals surface area (Å²) in [5.41, 5.74) is 1.34. The zero-order chi connectivity index (χ0) is 17.7. The van der Waals surface area contributed by atoms with Crippen molar-refractivity contribution < 1.29 is 19.1 Å². The Hall–Kier alpha value is -2.30. The number of likely N-dealkylation sites (tertiary alicyclic amines) is 1. The van der Waals surface area contributed by atoms with Crippen molar-refractivity contribution in [3.63, 3.8) is 0 Å². The molecular formula is C19H25NO4. The van der Waals surface area contributed by atoms with E-state index in [0.29, 0.717) is 19.4 Å². The van der Waals surface area contributed by atoms with Gasteiger partial charge < -0.3 is 14.4 Å². The number of benzene rings is 1. The number of carbonyl (C=O) groups is 2. The first-order valence-electron chi connectivity index (χ1n) is 8.12. The highest BCUT2D eigenvalue weighted by atomic mass is 16.6. The first kappa shape index (κ1) is 18.0. The highest BCUT2D eigenvalue weighted by Crippen LogP contribution is 2.31. The molecule has 1 aliphatic heterocycles. The van der Waals surface area contributed by atoms with E-state index in [1.54, 1.807) is 0 Å². The fourth-order valence-corrected chi connectivity index (χ4v) is 2.74. The van der Waals surface area contributed by atoms with Gasteiger partial charge in [0.25, 0.3) is 0 Å². The Morgan fingerprint density at radius 3 is 2.50 bits per heavy atom. The van der Waals surface area contributed by atoms with Gasteiger partial charge >= 0.3 is 11.9 Å². The van der Waals surface area contributed by atoms with Crippen LogP contribution in [0, 0.1) is 0 Å². The third kappa shape index (κ3) is 4.85. The van der Waals surface area contributed by atoms with E-state index in [4.69, 9.17) is 9.47 Å². The normalized spacial score (nSPS) is 19.4. The largest absolute Gasteiger partial charge is 0.466 e. The Morgan fingerprint density at radius 1 is 1.25 bits per heavy atom. The van der Waals surface area contributed by atoms with Crippen LogP contribution in [-0.4, -0.2) is 35.6 Å². The summed E-state index contributed by atoms with van der Waals surface area (Å²) in [5, 5.41) is 0. The Balaban J connectivity index is 2.24. The van der Waals surface area contributed by atoms with Gasteiger partial charge in [0.05, 0.1) is 7.11 Å². The highest BCUT2D eigenvalue weighted by molar-refractivity contribution is 5.83. The van der Waals surface area contributed by atoms with E-state index in [2.05, 4.69) is 0 Å². The van der Waals surface area contributed by atoms with Gasteiger partial charge in [0, 0.05) is 18.3 Å². The number of esters is 2. The average Bonchev–Trinajstić information content (AvgIpc) is 2.89. The van der Waals surface area contributed by atoms with Gasteiger partial charge in [0.1, 0.15) is 11.6 Å². The van der Waals surface area contributed by atoms with Crippen molar-refractivity contribution in [2.24, 2.45) is 0 Å². The van der Waals surface area contributed by atoms with Gasteiger partial charge in [-0.05, 0) is 39.2 Å². The molecule has 0 N–H and O–H groups in total. The second-order valence-corrected chi connectivity index (χ2v) is 6.86. The Bertz CT molecular complexity index is 616. The second kappa shape index (κ2) is 7.51. The van der Waals surface area contributed by atoms with Gasteiger partial charge in [0.15, 0.2) is 0 Å². The van der Waals surface area contributed by atoms with Gasteiger partial charge in [-0.1, -0.05) is 30.3 Å². The number of allylic oxidation sites excluding steroid dienone is 1. The predicted octanol–water partition coefficient (Wildman–Crippen LogP) is 3.05. The Kier molecular flexibility index (Phi) is 5.65. The van der Waals surface area contributed by atoms with Crippen molar-refractivity contribution in [3.8, 4) is 0 Å². The molecule has 1 aromatic carbocycles. The summed E-state index contributed by atoms with van der Waals surface area (Å²) in [5.74, 6) is -0.667. The van der Waals surface area contributed by atoms with Crippen LogP contribution in [-0.2, 0) is 25.6 Å². The number of hydrogen-bond donors (Lipinski definition) is 0. The minimum atomic E-state index is -0.537. The molecule has 130 valence electrons.